The number of nitrogens with one attached hydrogen (secondary N) is 1. The van der Waals surface area contributed by atoms with Crippen LogP contribution in [0.15, 0.2) is 51.8 Å². The molecule has 7 nitrogen and oxygen atoms in total. The van der Waals surface area contributed by atoms with Crippen molar-refractivity contribution >= 4 is 27.5 Å². The Hall–Kier alpha value is -2.71. The monoisotopic (exact) mass is 360 g/mol. The van der Waals surface area contributed by atoms with E-state index < -0.39 is 10.0 Å². The second kappa shape index (κ2) is 6.66. The largest absolute Gasteiger partial charge is 0.438 e. The first-order chi connectivity index (χ1) is 11.9. The van der Waals surface area contributed by atoms with Gasteiger partial charge in [0.2, 0.25) is 11.8 Å². The van der Waals surface area contributed by atoms with Crippen LogP contribution in [0.5, 0.6) is 5.75 Å². The Morgan fingerprint density at radius 3 is 2.72 bits per heavy atom. The van der Waals surface area contributed by atoms with E-state index in [1.54, 1.807) is 36.4 Å². The van der Waals surface area contributed by atoms with Gasteiger partial charge in [0.1, 0.15) is 17.3 Å². The smallest absolute Gasteiger partial charge is 0.286 e. The number of carbonyl (C=O) groups excluding carboxylic acids is 1. The first-order valence-corrected chi connectivity index (χ1v) is 8.86. The first-order valence-electron chi connectivity index (χ1n) is 7.42. The maximum absolute atomic E-state index is 12.1. The topological polar surface area (TPSA) is 94.1 Å². The number of amides is 1. The molecule has 0 saturated carbocycles. The maximum Gasteiger partial charge on any atom is 0.286 e. The van der Waals surface area contributed by atoms with Gasteiger partial charge in [-0.15, -0.1) is 4.40 Å². The number of hydrogen-bond donors (Lipinski definition) is 1. The number of aryl methyl sites for hydroxylation is 1. The van der Waals surface area contributed by atoms with Crippen LogP contribution in [0.4, 0.5) is 5.69 Å². The summed E-state index contributed by atoms with van der Waals surface area (Å²) in [4.78, 5) is 11.8. The van der Waals surface area contributed by atoms with Gasteiger partial charge in [-0.2, -0.15) is 8.42 Å². The number of carbonyl (C=O) groups is 1. The summed E-state index contributed by atoms with van der Waals surface area (Å²) in [6, 6.07) is 11.5. The van der Waals surface area contributed by atoms with Crippen LogP contribution >= 0.6 is 0 Å². The Bertz CT molecular complexity index is 967. The molecule has 0 aliphatic carbocycles. The van der Waals surface area contributed by atoms with Crippen LogP contribution in [-0.2, 0) is 19.6 Å². The highest BCUT2D eigenvalue weighted by molar-refractivity contribution is 7.90. The van der Waals surface area contributed by atoms with E-state index in [9.17, 15) is 13.2 Å². The van der Waals surface area contributed by atoms with Crippen molar-refractivity contribution in [2.45, 2.75) is 11.8 Å². The average Bonchev–Trinajstić information content (AvgIpc) is 2.82. The molecule has 0 radical (unpaired) electrons. The Morgan fingerprint density at radius 2 is 1.96 bits per heavy atom. The minimum absolute atomic E-state index is 0.00798. The average molecular weight is 360 g/mol. The van der Waals surface area contributed by atoms with E-state index in [2.05, 4.69) is 9.71 Å². The predicted octanol–water partition coefficient (Wildman–Crippen LogP) is 2.11. The predicted molar refractivity (Wildman–Crippen MR) is 92.5 cm³/mol. The molecule has 2 aromatic rings. The zero-order valence-corrected chi connectivity index (χ0v) is 14.5. The van der Waals surface area contributed by atoms with Gasteiger partial charge in [0.25, 0.3) is 10.0 Å². The molecule has 2 aromatic carbocycles. The van der Waals surface area contributed by atoms with Crippen LogP contribution < -0.4 is 10.1 Å². The van der Waals surface area contributed by atoms with Gasteiger partial charge < -0.3 is 14.8 Å². The number of benzene rings is 2. The zero-order chi connectivity index (χ0) is 18.0. The standard InChI is InChI=1S/C17H16N2O5S/c1-11-7-8-12(9-14(11)18-16(20)10-23-2)24-17-13-5-3-4-6-15(13)25(21,22)19-17/h3-9H,10H2,1-2H3,(H,18,20). The summed E-state index contributed by atoms with van der Waals surface area (Å²) >= 11 is 0. The molecule has 25 heavy (non-hydrogen) atoms. The molecule has 1 heterocycles. The van der Waals surface area contributed by atoms with E-state index in [4.69, 9.17) is 9.47 Å². The van der Waals surface area contributed by atoms with Gasteiger partial charge in [-0.25, -0.2) is 0 Å². The first kappa shape index (κ1) is 17.1. The van der Waals surface area contributed by atoms with Gasteiger partial charge in [0.15, 0.2) is 0 Å². The summed E-state index contributed by atoms with van der Waals surface area (Å²) < 4.78 is 38.2. The fourth-order valence-corrected chi connectivity index (χ4v) is 3.51. The molecule has 1 aliphatic heterocycles. The number of anilines is 1. The lowest BCUT2D eigenvalue weighted by Gasteiger charge is -2.11. The van der Waals surface area contributed by atoms with Crippen LogP contribution in [0.25, 0.3) is 0 Å². The molecule has 1 N–H and O–H groups in total. The number of rotatable bonds is 4. The third-order valence-electron chi connectivity index (χ3n) is 3.57. The van der Waals surface area contributed by atoms with E-state index in [0.29, 0.717) is 17.0 Å². The molecule has 0 unspecified atom stereocenters. The molecule has 130 valence electrons. The highest BCUT2D eigenvalue weighted by atomic mass is 32.2. The number of hydrogen-bond acceptors (Lipinski definition) is 5. The van der Waals surface area contributed by atoms with Crippen molar-refractivity contribution in [1.82, 2.24) is 0 Å². The van der Waals surface area contributed by atoms with Crippen molar-refractivity contribution in [3.63, 3.8) is 0 Å². The number of sulfonamides is 1. The minimum atomic E-state index is -3.74. The maximum atomic E-state index is 12.1. The normalized spacial score (nSPS) is 14.6. The summed E-state index contributed by atoms with van der Waals surface area (Å²) in [5.41, 5.74) is 1.79. The Labute approximate surface area is 145 Å². The van der Waals surface area contributed by atoms with Crippen LogP contribution in [0, 0.1) is 6.92 Å². The highest BCUT2D eigenvalue weighted by Gasteiger charge is 2.30. The van der Waals surface area contributed by atoms with Gasteiger partial charge in [0.05, 0.1) is 5.56 Å². The highest BCUT2D eigenvalue weighted by Crippen LogP contribution is 2.29. The summed E-state index contributed by atoms with van der Waals surface area (Å²) in [7, 11) is -2.31. The molecule has 0 bridgehead atoms. The minimum Gasteiger partial charge on any atom is -0.438 e. The van der Waals surface area contributed by atoms with Crippen molar-refractivity contribution in [1.29, 1.82) is 0 Å². The molecule has 3 rings (SSSR count). The molecule has 8 heteroatoms. The van der Waals surface area contributed by atoms with Crippen LogP contribution in [0.1, 0.15) is 11.1 Å². The summed E-state index contributed by atoms with van der Waals surface area (Å²) in [5.74, 6) is 0.0754. The molecule has 0 saturated heterocycles. The lowest BCUT2D eigenvalue weighted by atomic mass is 10.2. The van der Waals surface area contributed by atoms with E-state index in [-0.39, 0.29) is 23.3 Å². The summed E-state index contributed by atoms with van der Waals surface area (Å²) in [5, 5.41) is 2.71. The molecule has 1 amide bonds. The number of nitrogens with zero attached hydrogens (tertiary/aromatic N) is 1. The summed E-state index contributed by atoms with van der Waals surface area (Å²) in [6.45, 7) is 1.77. The van der Waals surface area contributed by atoms with Crippen molar-refractivity contribution < 1.29 is 22.7 Å². The second-order valence-electron chi connectivity index (χ2n) is 5.43. The molecular weight excluding hydrogens is 344 g/mol. The van der Waals surface area contributed by atoms with E-state index >= 15 is 0 Å². The lowest BCUT2D eigenvalue weighted by molar-refractivity contribution is -0.119. The second-order valence-corrected chi connectivity index (χ2v) is 7.00. The Morgan fingerprint density at radius 1 is 1.20 bits per heavy atom. The quantitative estimate of drug-likeness (QED) is 0.901. The number of methoxy groups -OCH3 is 1. The van der Waals surface area contributed by atoms with E-state index in [1.807, 2.05) is 6.92 Å². The van der Waals surface area contributed by atoms with Crippen LogP contribution in [0.3, 0.4) is 0 Å². The van der Waals surface area contributed by atoms with Crippen molar-refractivity contribution in [2.24, 2.45) is 4.40 Å². The van der Waals surface area contributed by atoms with Crippen LogP contribution in [-0.4, -0.2) is 33.9 Å². The molecule has 0 atom stereocenters. The van der Waals surface area contributed by atoms with Crippen molar-refractivity contribution in [2.75, 3.05) is 19.0 Å². The van der Waals surface area contributed by atoms with Gasteiger partial charge >= 0.3 is 0 Å². The Kier molecular flexibility index (Phi) is 4.56. The number of ether oxygens (including phenoxy) is 2. The lowest BCUT2D eigenvalue weighted by Crippen LogP contribution is -2.18. The molecule has 0 spiro atoms. The van der Waals surface area contributed by atoms with E-state index in [1.165, 1.54) is 13.2 Å². The molecular formula is C17H16N2O5S. The fourth-order valence-electron chi connectivity index (χ4n) is 2.38. The van der Waals surface area contributed by atoms with Crippen LogP contribution in [0.2, 0.25) is 0 Å². The SMILES string of the molecule is COCC(=O)Nc1cc(OC2=NS(=O)(=O)c3ccccc32)ccc1C. The van der Waals surface area contributed by atoms with E-state index in [0.717, 1.165) is 5.56 Å². The number of fused-ring (bicyclic) bond motifs is 1. The van der Waals surface area contributed by atoms with Crippen molar-refractivity contribution in [3.8, 4) is 5.75 Å². The van der Waals surface area contributed by atoms with Gasteiger partial charge in [-0.1, -0.05) is 18.2 Å². The third kappa shape index (κ3) is 3.54. The zero-order valence-electron chi connectivity index (χ0n) is 13.6. The van der Waals surface area contributed by atoms with Crippen molar-refractivity contribution in [3.05, 3.63) is 53.6 Å². The molecule has 0 fully saturated rings. The third-order valence-corrected chi connectivity index (χ3v) is 4.89. The van der Waals surface area contributed by atoms with Gasteiger partial charge in [-0.05, 0) is 30.7 Å². The molecule has 0 aromatic heterocycles. The molecule has 1 aliphatic rings. The fraction of sp³-hybridized carbons (Fsp3) is 0.176. The van der Waals surface area contributed by atoms with Gasteiger partial charge in [0, 0.05) is 18.9 Å². The Balaban J connectivity index is 1.88. The van der Waals surface area contributed by atoms with Gasteiger partial charge in [-0.3, -0.25) is 4.79 Å². The summed E-state index contributed by atoms with van der Waals surface area (Å²) in [6.07, 6.45) is 0.